The van der Waals surface area contributed by atoms with Crippen LogP contribution in [0.3, 0.4) is 0 Å². The third kappa shape index (κ3) is 5.93. The van der Waals surface area contributed by atoms with Gasteiger partial charge in [0.1, 0.15) is 5.75 Å². The summed E-state index contributed by atoms with van der Waals surface area (Å²) in [6.07, 6.45) is 0.414. The molecule has 1 amide bonds. The van der Waals surface area contributed by atoms with Gasteiger partial charge in [-0.1, -0.05) is 50.2 Å². The molecule has 1 fully saturated rings. The van der Waals surface area contributed by atoms with Gasteiger partial charge in [0, 0.05) is 24.2 Å². The fraction of sp³-hybridized carbons (Fsp3) is 0.407. The summed E-state index contributed by atoms with van der Waals surface area (Å²) in [5.41, 5.74) is 3.08. The van der Waals surface area contributed by atoms with Gasteiger partial charge in [-0.15, -0.1) is 0 Å². The predicted molar refractivity (Wildman–Crippen MR) is 135 cm³/mol. The number of aromatic nitrogens is 1. The lowest BCUT2D eigenvalue weighted by Gasteiger charge is -2.28. The minimum atomic E-state index is -3.17. The maximum Gasteiger partial charge on any atom is 0.276 e. The van der Waals surface area contributed by atoms with Gasteiger partial charge in [-0.25, -0.2) is 8.42 Å². The van der Waals surface area contributed by atoms with Crippen LogP contribution in [0.2, 0.25) is 0 Å². The number of ether oxygens (including phenoxy) is 1. The third-order valence-corrected chi connectivity index (χ3v) is 8.01. The molecule has 1 atom stereocenters. The zero-order valence-corrected chi connectivity index (χ0v) is 21.5. The van der Waals surface area contributed by atoms with Crippen molar-refractivity contribution < 1.29 is 22.5 Å². The number of hydrogen-bond acceptors (Lipinski definition) is 6. The molecule has 3 aromatic rings. The summed E-state index contributed by atoms with van der Waals surface area (Å²) in [6.45, 7) is 9.23. The minimum Gasteiger partial charge on any atom is -0.494 e. The van der Waals surface area contributed by atoms with Crippen LogP contribution in [0.25, 0.3) is 11.3 Å². The first-order valence-electron chi connectivity index (χ1n) is 11.9. The van der Waals surface area contributed by atoms with E-state index in [4.69, 9.17) is 9.26 Å². The Morgan fingerprint density at radius 1 is 1.11 bits per heavy atom. The molecule has 35 heavy (non-hydrogen) atoms. The van der Waals surface area contributed by atoms with Crippen LogP contribution in [-0.2, 0) is 21.8 Å². The monoisotopic (exact) mass is 496 g/mol. The van der Waals surface area contributed by atoms with Gasteiger partial charge in [0.25, 0.3) is 5.91 Å². The smallest absolute Gasteiger partial charge is 0.276 e. The van der Waals surface area contributed by atoms with Crippen molar-refractivity contribution in [1.29, 1.82) is 0 Å². The molecule has 0 unspecified atom stereocenters. The SMILES string of the molecule is CCOc1ccc(-c2cc(C(=O)N(Cc3ccc(C(C)(C)C)cc3)[C@@H]3CCS(=O)(=O)C3)no2)cc1. The third-order valence-electron chi connectivity index (χ3n) is 6.26. The Morgan fingerprint density at radius 3 is 2.37 bits per heavy atom. The van der Waals surface area contributed by atoms with Crippen LogP contribution in [0.1, 0.15) is 55.7 Å². The molecule has 1 aromatic heterocycles. The van der Waals surface area contributed by atoms with E-state index in [1.807, 2.05) is 43.3 Å². The number of sulfone groups is 1. The molecule has 186 valence electrons. The van der Waals surface area contributed by atoms with Gasteiger partial charge in [0.15, 0.2) is 21.3 Å². The molecule has 2 aromatic carbocycles. The summed E-state index contributed by atoms with van der Waals surface area (Å²) in [6, 6.07) is 16.7. The maximum atomic E-state index is 13.5. The average molecular weight is 497 g/mol. The number of amides is 1. The lowest BCUT2D eigenvalue weighted by molar-refractivity contribution is 0.0670. The lowest BCUT2D eigenvalue weighted by atomic mass is 9.86. The van der Waals surface area contributed by atoms with Crippen molar-refractivity contribution in [2.75, 3.05) is 18.1 Å². The second-order valence-electron chi connectivity index (χ2n) is 9.97. The van der Waals surface area contributed by atoms with Crippen LogP contribution in [0.15, 0.2) is 59.1 Å². The van der Waals surface area contributed by atoms with Gasteiger partial charge in [-0.3, -0.25) is 4.79 Å². The molecular formula is C27H32N2O5S. The number of nitrogens with zero attached hydrogens (tertiary/aromatic N) is 2. The predicted octanol–water partition coefficient (Wildman–Crippen LogP) is 4.87. The van der Waals surface area contributed by atoms with Crippen LogP contribution in [-0.4, -0.2) is 48.5 Å². The van der Waals surface area contributed by atoms with E-state index in [1.165, 1.54) is 5.56 Å². The van der Waals surface area contributed by atoms with E-state index in [9.17, 15) is 13.2 Å². The summed E-state index contributed by atoms with van der Waals surface area (Å²) in [7, 11) is -3.17. The van der Waals surface area contributed by atoms with E-state index in [2.05, 4.69) is 38.1 Å². The molecule has 4 rings (SSSR count). The Bertz CT molecular complexity index is 1270. The Balaban J connectivity index is 1.58. The quantitative estimate of drug-likeness (QED) is 0.464. The summed E-state index contributed by atoms with van der Waals surface area (Å²) >= 11 is 0. The number of hydrogen-bond donors (Lipinski definition) is 0. The molecule has 1 aliphatic rings. The van der Waals surface area contributed by atoms with Gasteiger partial charge in [-0.05, 0) is 54.2 Å². The second kappa shape index (κ2) is 9.85. The molecule has 2 heterocycles. The van der Waals surface area contributed by atoms with Crippen LogP contribution in [0, 0.1) is 0 Å². The van der Waals surface area contributed by atoms with Crippen molar-refractivity contribution in [3.63, 3.8) is 0 Å². The van der Waals surface area contributed by atoms with E-state index in [1.54, 1.807) is 11.0 Å². The van der Waals surface area contributed by atoms with Crippen molar-refractivity contribution in [3.8, 4) is 17.1 Å². The number of carbonyl (C=O) groups is 1. The van der Waals surface area contributed by atoms with E-state index in [-0.39, 0.29) is 28.5 Å². The summed E-state index contributed by atoms with van der Waals surface area (Å²) < 4.78 is 35.3. The average Bonchev–Trinajstić information content (AvgIpc) is 3.44. The molecular weight excluding hydrogens is 464 g/mol. The minimum absolute atomic E-state index is 0.0194. The number of benzene rings is 2. The summed E-state index contributed by atoms with van der Waals surface area (Å²) in [5.74, 6) is 0.916. The molecule has 7 nitrogen and oxygen atoms in total. The van der Waals surface area contributed by atoms with Gasteiger partial charge < -0.3 is 14.2 Å². The molecule has 0 spiro atoms. The normalized spacial score (nSPS) is 17.3. The highest BCUT2D eigenvalue weighted by Gasteiger charge is 2.36. The molecule has 1 aliphatic heterocycles. The number of rotatable bonds is 7. The zero-order chi connectivity index (χ0) is 25.2. The lowest BCUT2D eigenvalue weighted by Crippen LogP contribution is -2.40. The first-order valence-corrected chi connectivity index (χ1v) is 13.7. The van der Waals surface area contributed by atoms with E-state index in [0.29, 0.717) is 25.3 Å². The van der Waals surface area contributed by atoms with Crippen LogP contribution in [0.4, 0.5) is 0 Å². The van der Waals surface area contributed by atoms with Crippen molar-refractivity contribution >= 4 is 15.7 Å². The molecule has 0 aliphatic carbocycles. The topological polar surface area (TPSA) is 89.7 Å². The highest BCUT2D eigenvalue weighted by Crippen LogP contribution is 2.27. The van der Waals surface area contributed by atoms with E-state index in [0.717, 1.165) is 16.9 Å². The van der Waals surface area contributed by atoms with Crippen molar-refractivity contribution in [1.82, 2.24) is 10.1 Å². The van der Waals surface area contributed by atoms with Crippen LogP contribution < -0.4 is 4.74 Å². The van der Waals surface area contributed by atoms with Crippen molar-refractivity contribution in [2.24, 2.45) is 0 Å². The van der Waals surface area contributed by atoms with Crippen molar-refractivity contribution in [2.45, 2.75) is 52.1 Å². The Labute approximate surface area is 207 Å². The van der Waals surface area contributed by atoms with Gasteiger partial charge in [-0.2, -0.15) is 0 Å². The molecule has 0 radical (unpaired) electrons. The summed E-state index contributed by atoms with van der Waals surface area (Å²) in [5, 5.41) is 4.02. The number of carbonyl (C=O) groups excluding carboxylic acids is 1. The van der Waals surface area contributed by atoms with Gasteiger partial charge >= 0.3 is 0 Å². The van der Waals surface area contributed by atoms with Gasteiger partial charge in [0.05, 0.1) is 18.1 Å². The zero-order valence-electron chi connectivity index (χ0n) is 20.7. The molecule has 0 saturated carbocycles. The van der Waals surface area contributed by atoms with Crippen LogP contribution >= 0.6 is 0 Å². The largest absolute Gasteiger partial charge is 0.494 e. The fourth-order valence-electron chi connectivity index (χ4n) is 4.24. The van der Waals surface area contributed by atoms with Crippen LogP contribution in [0.5, 0.6) is 5.75 Å². The standard InChI is InChI=1S/C27H32N2O5S/c1-5-33-23-12-8-20(9-13-23)25-16-24(28-34-25)26(30)29(22-14-15-35(31,32)18-22)17-19-6-10-21(11-7-19)27(2,3)4/h6-13,16,22H,5,14-15,17-18H2,1-4H3/t22-/m1/s1. The molecule has 0 N–H and O–H groups in total. The second-order valence-corrected chi connectivity index (χ2v) is 12.2. The maximum absolute atomic E-state index is 13.5. The highest BCUT2D eigenvalue weighted by atomic mass is 32.2. The first kappa shape index (κ1) is 25.0. The Morgan fingerprint density at radius 2 is 1.80 bits per heavy atom. The van der Waals surface area contributed by atoms with E-state index < -0.39 is 15.9 Å². The Hall–Kier alpha value is -3.13. The molecule has 1 saturated heterocycles. The van der Waals surface area contributed by atoms with E-state index >= 15 is 0 Å². The highest BCUT2D eigenvalue weighted by molar-refractivity contribution is 7.91. The fourth-order valence-corrected chi connectivity index (χ4v) is 5.97. The van der Waals surface area contributed by atoms with Crippen molar-refractivity contribution in [3.05, 3.63) is 71.4 Å². The van der Waals surface area contributed by atoms with Gasteiger partial charge in [0.2, 0.25) is 0 Å². The summed E-state index contributed by atoms with van der Waals surface area (Å²) in [4.78, 5) is 15.2. The Kier molecular flexibility index (Phi) is 7.03. The molecule has 0 bridgehead atoms. The first-order chi connectivity index (χ1) is 16.6. The molecule has 8 heteroatoms.